The first kappa shape index (κ1) is 24.8. The summed E-state index contributed by atoms with van der Waals surface area (Å²) >= 11 is 0. The molecule has 192 valence electrons. The van der Waals surface area contributed by atoms with E-state index in [4.69, 9.17) is 0 Å². The Balaban J connectivity index is 1.50. The Kier molecular flexibility index (Phi) is 6.83. The van der Waals surface area contributed by atoms with Gasteiger partial charge in [0.05, 0.1) is 11.1 Å². The van der Waals surface area contributed by atoms with Crippen LogP contribution >= 0.6 is 0 Å². The van der Waals surface area contributed by atoms with Gasteiger partial charge in [-0.2, -0.15) is 13.2 Å². The second-order valence-electron chi connectivity index (χ2n) is 10.3. The number of hydrogen-bond acceptors (Lipinski definition) is 5. The Hall–Kier alpha value is -2.84. The predicted molar refractivity (Wildman–Crippen MR) is 136 cm³/mol. The summed E-state index contributed by atoms with van der Waals surface area (Å²) in [5, 5.41) is 15.3. The van der Waals surface area contributed by atoms with Gasteiger partial charge < -0.3 is 10.4 Å². The molecule has 3 heterocycles. The van der Waals surface area contributed by atoms with Gasteiger partial charge in [0, 0.05) is 59.3 Å². The zero-order valence-corrected chi connectivity index (χ0v) is 20.8. The number of nitrogens with one attached hydrogen (secondary N) is 1. The van der Waals surface area contributed by atoms with E-state index in [9.17, 15) is 18.3 Å². The van der Waals surface area contributed by atoms with E-state index in [0.717, 1.165) is 67.7 Å². The molecule has 36 heavy (non-hydrogen) atoms. The topological polar surface area (TPSA) is 51.6 Å². The third-order valence-electron chi connectivity index (χ3n) is 7.74. The molecule has 3 aromatic rings. The van der Waals surface area contributed by atoms with Crippen LogP contribution in [0.1, 0.15) is 56.2 Å². The summed E-state index contributed by atoms with van der Waals surface area (Å²) in [6.07, 6.45) is 1.71. The standard InChI is InChI=1S/C28H33F3N4O/c1-18-5-3-11-34(18)16-20-13-23(14-21(27(20)36)17-35-12-4-6-19(35)2)33-25-9-10-32-26-15-22(28(29,30)31)7-8-24(25)26/h7-10,13-15,18-19,36H,3-6,11-12,16-17H2,1-2H3,(H,32,33). The lowest BCUT2D eigenvalue weighted by atomic mass is 10.0. The summed E-state index contributed by atoms with van der Waals surface area (Å²) in [6.45, 7) is 7.78. The zero-order chi connectivity index (χ0) is 25.4. The molecule has 2 saturated heterocycles. The predicted octanol–water partition coefficient (Wildman–Crippen LogP) is 6.67. The van der Waals surface area contributed by atoms with Crippen molar-refractivity contribution >= 4 is 22.3 Å². The number of phenolic OH excluding ortho intramolecular Hbond substituents is 1. The number of anilines is 2. The number of phenols is 1. The first-order chi connectivity index (χ1) is 17.2. The fourth-order valence-electron chi connectivity index (χ4n) is 5.56. The molecule has 5 nitrogen and oxygen atoms in total. The Bertz CT molecular complexity index is 1200. The molecule has 5 rings (SSSR count). The molecule has 2 aromatic carbocycles. The third kappa shape index (κ3) is 5.15. The van der Waals surface area contributed by atoms with Crippen LogP contribution in [0.25, 0.3) is 10.9 Å². The van der Waals surface area contributed by atoms with Crippen molar-refractivity contribution in [2.75, 3.05) is 18.4 Å². The summed E-state index contributed by atoms with van der Waals surface area (Å²) in [4.78, 5) is 8.95. The second kappa shape index (κ2) is 9.90. The lowest BCUT2D eigenvalue weighted by Gasteiger charge is -2.25. The Labute approximate surface area is 209 Å². The van der Waals surface area contributed by atoms with Gasteiger partial charge in [-0.1, -0.05) is 6.07 Å². The number of rotatable bonds is 6. The third-order valence-corrected chi connectivity index (χ3v) is 7.74. The van der Waals surface area contributed by atoms with Crippen LogP contribution in [0.5, 0.6) is 5.75 Å². The van der Waals surface area contributed by atoms with Crippen LogP contribution in [0.3, 0.4) is 0 Å². The zero-order valence-electron chi connectivity index (χ0n) is 20.8. The molecule has 2 aliphatic rings. The van der Waals surface area contributed by atoms with Crippen LogP contribution in [0, 0.1) is 0 Å². The maximum atomic E-state index is 13.2. The second-order valence-corrected chi connectivity index (χ2v) is 10.3. The van der Waals surface area contributed by atoms with Gasteiger partial charge in [0.15, 0.2) is 0 Å². The van der Waals surface area contributed by atoms with Gasteiger partial charge in [0.1, 0.15) is 5.75 Å². The molecule has 0 bridgehead atoms. The molecule has 1 aromatic heterocycles. The average molecular weight is 499 g/mol. The monoisotopic (exact) mass is 498 g/mol. The van der Waals surface area contributed by atoms with Gasteiger partial charge >= 0.3 is 6.18 Å². The highest BCUT2D eigenvalue weighted by molar-refractivity contribution is 5.93. The number of likely N-dealkylation sites (tertiary alicyclic amines) is 2. The van der Waals surface area contributed by atoms with Crippen molar-refractivity contribution in [3.63, 3.8) is 0 Å². The van der Waals surface area contributed by atoms with Crippen LogP contribution in [0.4, 0.5) is 24.5 Å². The Morgan fingerprint density at radius 3 is 2.08 bits per heavy atom. The summed E-state index contributed by atoms with van der Waals surface area (Å²) in [5.41, 5.74) is 2.80. The van der Waals surface area contributed by atoms with Crippen molar-refractivity contribution in [2.24, 2.45) is 0 Å². The van der Waals surface area contributed by atoms with E-state index < -0.39 is 11.7 Å². The first-order valence-corrected chi connectivity index (χ1v) is 12.7. The molecule has 0 saturated carbocycles. The van der Waals surface area contributed by atoms with Crippen molar-refractivity contribution in [1.29, 1.82) is 0 Å². The van der Waals surface area contributed by atoms with Crippen LogP contribution in [0.15, 0.2) is 42.6 Å². The van der Waals surface area contributed by atoms with E-state index in [2.05, 4.69) is 33.9 Å². The number of pyridine rings is 1. The first-order valence-electron chi connectivity index (χ1n) is 12.7. The number of aromatic nitrogens is 1. The van der Waals surface area contributed by atoms with E-state index >= 15 is 0 Å². The lowest BCUT2D eigenvalue weighted by Crippen LogP contribution is -2.27. The number of alkyl halides is 3. The number of halogens is 3. The summed E-state index contributed by atoms with van der Waals surface area (Å²) in [7, 11) is 0. The average Bonchev–Trinajstić information content (AvgIpc) is 3.43. The normalized spacial score (nSPS) is 21.5. The van der Waals surface area contributed by atoms with Gasteiger partial charge in [0.25, 0.3) is 0 Å². The van der Waals surface area contributed by atoms with E-state index in [1.807, 2.05) is 12.1 Å². The van der Waals surface area contributed by atoms with Gasteiger partial charge in [-0.25, -0.2) is 0 Å². The molecule has 2 atom stereocenters. The SMILES string of the molecule is CC1CCCN1Cc1cc(Nc2ccnc3cc(C(F)(F)F)ccc23)cc(CN2CCCC2C)c1O. The summed E-state index contributed by atoms with van der Waals surface area (Å²) in [6, 6.07) is 10.3. The van der Waals surface area contributed by atoms with Crippen LogP contribution in [-0.4, -0.2) is 45.1 Å². The Morgan fingerprint density at radius 1 is 0.944 bits per heavy atom. The smallest absolute Gasteiger partial charge is 0.416 e. The minimum Gasteiger partial charge on any atom is -0.507 e. The minimum absolute atomic E-state index is 0.283. The van der Waals surface area contributed by atoms with Crippen molar-refractivity contribution in [1.82, 2.24) is 14.8 Å². The van der Waals surface area contributed by atoms with E-state index in [-0.39, 0.29) is 5.52 Å². The molecule has 0 amide bonds. The lowest BCUT2D eigenvalue weighted by molar-refractivity contribution is -0.137. The molecule has 8 heteroatoms. The van der Waals surface area contributed by atoms with E-state index in [0.29, 0.717) is 42.0 Å². The molecule has 0 radical (unpaired) electrons. The Morgan fingerprint density at radius 2 is 1.56 bits per heavy atom. The van der Waals surface area contributed by atoms with Crippen LogP contribution in [0.2, 0.25) is 0 Å². The van der Waals surface area contributed by atoms with Crippen molar-refractivity contribution in [3.05, 3.63) is 59.3 Å². The summed E-state index contributed by atoms with van der Waals surface area (Å²) in [5.74, 6) is 0.341. The molecular formula is C28H33F3N4O. The summed E-state index contributed by atoms with van der Waals surface area (Å²) < 4.78 is 39.6. The molecule has 2 aliphatic heterocycles. The van der Waals surface area contributed by atoms with Crippen molar-refractivity contribution in [2.45, 2.75) is 70.9 Å². The van der Waals surface area contributed by atoms with E-state index in [1.165, 1.54) is 12.3 Å². The number of benzene rings is 2. The fourth-order valence-corrected chi connectivity index (χ4v) is 5.56. The highest BCUT2D eigenvalue weighted by Gasteiger charge is 2.31. The molecule has 0 spiro atoms. The number of hydrogen-bond donors (Lipinski definition) is 2. The molecule has 2 N–H and O–H groups in total. The number of fused-ring (bicyclic) bond motifs is 1. The minimum atomic E-state index is -4.42. The highest BCUT2D eigenvalue weighted by atomic mass is 19.4. The van der Waals surface area contributed by atoms with Crippen LogP contribution < -0.4 is 5.32 Å². The molecule has 2 fully saturated rings. The van der Waals surface area contributed by atoms with Gasteiger partial charge in [-0.05, 0) is 83.0 Å². The van der Waals surface area contributed by atoms with Gasteiger partial charge in [-0.3, -0.25) is 14.8 Å². The quantitative estimate of drug-likeness (QED) is 0.372. The van der Waals surface area contributed by atoms with Crippen LogP contribution in [-0.2, 0) is 19.3 Å². The molecular weight excluding hydrogens is 465 g/mol. The largest absolute Gasteiger partial charge is 0.507 e. The fraction of sp³-hybridized carbons (Fsp3) is 0.464. The van der Waals surface area contributed by atoms with Gasteiger partial charge in [-0.15, -0.1) is 0 Å². The highest BCUT2D eigenvalue weighted by Crippen LogP contribution is 2.36. The number of nitrogens with zero attached hydrogens (tertiary/aromatic N) is 3. The molecule has 2 unspecified atom stereocenters. The maximum absolute atomic E-state index is 13.2. The van der Waals surface area contributed by atoms with Gasteiger partial charge in [0.2, 0.25) is 0 Å². The van der Waals surface area contributed by atoms with E-state index in [1.54, 1.807) is 6.07 Å². The number of aromatic hydroxyl groups is 1. The van der Waals surface area contributed by atoms with Crippen molar-refractivity contribution < 1.29 is 18.3 Å². The molecule has 0 aliphatic carbocycles. The maximum Gasteiger partial charge on any atom is 0.416 e. The van der Waals surface area contributed by atoms with Crippen molar-refractivity contribution in [3.8, 4) is 5.75 Å².